The smallest absolute Gasteiger partial charge is 0.319 e. The van der Waals surface area contributed by atoms with Gasteiger partial charge in [0.15, 0.2) is 5.75 Å². The number of nitrogens with one attached hydrogen (secondary N) is 3. The number of hydrogen-bond donors (Lipinski definition) is 5. The summed E-state index contributed by atoms with van der Waals surface area (Å²) < 4.78 is 35.1. The molecule has 3 fully saturated rings. The molecule has 20 heteroatoms. The normalized spacial score (nSPS) is 19.4. The van der Waals surface area contributed by atoms with Crippen molar-refractivity contribution in [3.05, 3.63) is 111 Å². The van der Waals surface area contributed by atoms with E-state index in [1.807, 2.05) is 71.1 Å². The Balaban J connectivity index is 0.901. The van der Waals surface area contributed by atoms with Crippen molar-refractivity contribution >= 4 is 56.7 Å². The van der Waals surface area contributed by atoms with E-state index in [1.54, 1.807) is 36.7 Å². The van der Waals surface area contributed by atoms with Crippen LogP contribution in [0.5, 0.6) is 11.8 Å². The van der Waals surface area contributed by atoms with Gasteiger partial charge in [-0.3, -0.25) is 19.5 Å². The van der Waals surface area contributed by atoms with Crippen LogP contribution in [0.2, 0.25) is 0 Å². The first-order chi connectivity index (χ1) is 38.1. The maximum Gasteiger partial charge on any atom is 0.319 e. The van der Waals surface area contributed by atoms with Crippen LogP contribution in [-0.2, 0) is 27.5 Å². The lowest BCUT2D eigenvalue weighted by atomic mass is 9.88. The third-order valence-corrected chi connectivity index (χ3v) is 17.2. The quantitative estimate of drug-likeness (QED) is 0.0529. The second-order valence-corrected chi connectivity index (χ2v) is 22.8. The lowest BCUT2D eigenvalue weighted by Gasteiger charge is -2.35. The van der Waals surface area contributed by atoms with Gasteiger partial charge in [0.2, 0.25) is 11.8 Å². The van der Waals surface area contributed by atoms with E-state index in [9.17, 15) is 24.6 Å². The van der Waals surface area contributed by atoms with Crippen molar-refractivity contribution in [3.63, 3.8) is 0 Å². The van der Waals surface area contributed by atoms with Gasteiger partial charge in [0.05, 0.1) is 52.7 Å². The zero-order valence-corrected chi connectivity index (χ0v) is 46.3. The molecule has 11 rings (SSSR count). The number of aliphatic hydroxyl groups excluding tert-OH is 2. The van der Waals surface area contributed by atoms with Crippen molar-refractivity contribution < 1.29 is 43.2 Å². The number of anilines is 1. The Morgan fingerprint density at radius 3 is 2.51 bits per heavy atom. The minimum absolute atomic E-state index is 0.00262. The van der Waals surface area contributed by atoms with Crippen molar-refractivity contribution in [2.24, 2.45) is 5.92 Å². The molecule has 1 unspecified atom stereocenters. The lowest BCUT2D eigenvalue weighted by Crippen LogP contribution is -2.55. The SMILES string of the molecule is CO[C@@H](C)COc1nc(N(C)C2CCNC2)c2cc(C3CC3)c(-c3c(C)c(F)cc4[nH]ncc34)c(OCc3ccc4c(c3)CN([C@H](C(=O)N3C[C@H](O)C[C@H]3C(=O)N[C@@H](CO)c3ccc(-c5scnc5C)cc3)C(C)C)C4=O)c2n1. The Morgan fingerprint density at radius 1 is 1.01 bits per heavy atom. The Bertz CT molecular complexity index is 3450. The molecule has 0 bridgehead atoms. The maximum atomic E-state index is 16.2. The third-order valence-electron chi connectivity index (χ3n) is 16.2. The van der Waals surface area contributed by atoms with Crippen molar-refractivity contribution in [2.75, 3.05) is 51.9 Å². The van der Waals surface area contributed by atoms with E-state index in [0.717, 1.165) is 70.4 Å². The molecule has 1 saturated carbocycles. The molecule has 6 atom stereocenters. The molecule has 5 N–H and O–H groups in total. The van der Waals surface area contributed by atoms with Gasteiger partial charge >= 0.3 is 6.01 Å². The van der Waals surface area contributed by atoms with Gasteiger partial charge in [-0.15, -0.1) is 11.3 Å². The zero-order valence-electron chi connectivity index (χ0n) is 45.5. The first-order valence-corrected chi connectivity index (χ1v) is 28.1. The van der Waals surface area contributed by atoms with Crippen LogP contribution < -0.4 is 25.0 Å². The molecule has 79 heavy (non-hydrogen) atoms. The average molecular weight is 1100 g/mol. The molecule has 4 aliphatic rings. The highest BCUT2D eigenvalue weighted by molar-refractivity contribution is 7.13. The fraction of sp³-hybridized carbons (Fsp3) is 0.441. The Labute approximate surface area is 461 Å². The number of aromatic amines is 1. The van der Waals surface area contributed by atoms with Gasteiger partial charge in [0, 0.05) is 73.7 Å². The van der Waals surface area contributed by atoms with Gasteiger partial charge in [0.1, 0.15) is 42.4 Å². The summed E-state index contributed by atoms with van der Waals surface area (Å²) >= 11 is 1.53. The molecule has 3 aromatic heterocycles. The van der Waals surface area contributed by atoms with Crippen LogP contribution in [0.15, 0.2) is 66.3 Å². The number of likely N-dealkylation sites (tertiary alicyclic amines) is 1. The monoisotopic (exact) mass is 1090 g/mol. The van der Waals surface area contributed by atoms with Crippen molar-refractivity contribution in [3.8, 4) is 33.3 Å². The van der Waals surface area contributed by atoms with Gasteiger partial charge in [-0.2, -0.15) is 15.1 Å². The molecule has 1 aliphatic carbocycles. The van der Waals surface area contributed by atoms with E-state index >= 15 is 4.39 Å². The van der Waals surface area contributed by atoms with Gasteiger partial charge in [-0.05, 0) is 116 Å². The first-order valence-electron chi connectivity index (χ1n) is 27.2. The van der Waals surface area contributed by atoms with Gasteiger partial charge in [0.25, 0.3) is 5.91 Å². The summed E-state index contributed by atoms with van der Waals surface area (Å²) in [6.07, 6.45) is 3.27. The van der Waals surface area contributed by atoms with Crippen LogP contribution in [0.1, 0.15) is 102 Å². The van der Waals surface area contributed by atoms with Gasteiger partial charge < -0.3 is 49.8 Å². The number of aromatic nitrogens is 5. The summed E-state index contributed by atoms with van der Waals surface area (Å²) in [7, 11) is 3.65. The topological polar surface area (TPSA) is 220 Å². The minimum Gasteiger partial charge on any atom is -0.486 e. The molecule has 18 nitrogen and oxygen atoms in total. The van der Waals surface area contributed by atoms with Gasteiger partial charge in [-0.1, -0.05) is 44.2 Å². The molecule has 0 spiro atoms. The van der Waals surface area contributed by atoms with Crippen molar-refractivity contribution in [2.45, 2.75) is 116 Å². The van der Waals surface area contributed by atoms with E-state index in [-0.39, 0.29) is 68.6 Å². The second kappa shape index (κ2) is 22.2. The minimum atomic E-state index is -1.04. The number of carbonyl (C=O) groups excluding carboxylic acids is 3. The van der Waals surface area contributed by atoms with E-state index in [0.29, 0.717) is 56.0 Å². The predicted molar refractivity (Wildman–Crippen MR) is 299 cm³/mol. The summed E-state index contributed by atoms with van der Waals surface area (Å²) in [6, 6.07) is 14.2. The number of halogens is 1. The van der Waals surface area contributed by atoms with Crippen molar-refractivity contribution in [1.29, 1.82) is 0 Å². The Kier molecular flexibility index (Phi) is 15.1. The molecule has 3 amide bonds. The number of aryl methyl sites for hydroxylation is 1. The average Bonchev–Trinajstić information content (AvgIpc) is 4.09. The Morgan fingerprint density at radius 2 is 1.81 bits per heavy atom. The molecule has 6 heterocycles. The number of carbonyl (C=O) groups is 3. The molecule has 0 radical (unpaired) electrons. The highest BCUT2D eigenvalue weighted by Gasteiger charge is 2.46. The number of likely N-dealkylation sites (N-methyl/N-ethyl adjacent to an activating group) is 1. The van der Waals surface area contributed by atoms with Crippen molar-refractivity contribution in [1.82, 2.24) is 45.6 Å². The summed E-state index contributed by atoms with van der Waals surface area (Å²) in [6.45, 7) is 10.8. The number of benzene rings is 4. The number of amides is 3. The fourth-order valence-corrected chi connectivity index (χ4v) is 12.4. The van der Waals surface area contributed by atoms with Gasteiger partial charge in [-0.25, -0.2) is 9.37 Å². The van der Waals surface area contributed by atoms with Crippen LogP contribution in [-0.4, -0.2) is 140 Å². The number of β-amino-alcohol motifs (C(OH)–C–C–N with tert-alkyl or cyclic N) is 1. The number of rotatable bonds is 19. The molecule has 414 valence electrons. The highest BCUT2D eigenvalue weighted by atomic mass is 32.1. The van der Waals surface area contributed by atoms with Crippen LogP contribution in [0, 0.1) is 25.6 Å². The second-order valence-electron chi connectivity index (χ2n) is 21.9. The molecule has 4 aromatic carbocycles. The number of H-pyrrole nitrogens is 1. The lowest BCUT2D eigenvalue weighted by molar-refractivity contribution is -0.143. The largest absolute Gasteiger partial charge is 0.486 e. The predicted octanol–water partition coefficient (Wildman–Crippen LogP) is 7.51. The number of fused-ring (bicyclic) bond motifs is 3. The number of aliphatic hydroxyl groups is 2. The van der Waals surface area contributed by atoms with Crippen LogP contribution >= 0.6 is 11.3 Å². The molecular formula is C59H67FN10O8S. The van der Waals surface area contributed by atoms with E-state index in [4.69, 9.17) is 24.2 Å². The van der Waals surface area contributed by atoms with E-state index in [1.165, 1.54) is 22.3 Å². The number of thiazole rings is 1. The number of hydrogen-bond acceptors (Lipinski definition) is 15. The summed E-state index contributed by atoms with van der Waals surface area (Å²) in [5.74, 6) is -0.782. The van der Waals surface area contributed by atoms with Crippen LogP contribution in [0.4, 0.5) is 10.2 Å². The molecule has 3 aliphatic heterocycles. The maximum absolute atomic E-state index is 16.2. The molecule has 2 saturated heterocycles. The molecular weight excluding hydrogens is 1030 g/mol. The summed E-state index contributed by atoms with van der Waals surface area (Å²) in [4.78, 5) is 64.1. The van der Waals surface area contributed by atoms with E-state index in [2.05, 4.69) is 36.8 Å². The third kappa shape index (κ3) is 10.4. The summed E-state index contributed by atoms with van der Waals surface area (Å²) in [5, 5.41) is 36.7. The highest BCUT2D eigenvalue weighted by Crippen LogP contribution is 2.53. The fourth-order valence-electron chi connectivity index (χ4n) is 11.6. The molecule has 7 aromatic rings. The number of nitrogens with zero attached hydrogens (tertiary/aromatic N) is 7. The van der Waals surface area contributed by atoms with Crippen LogP contribution in [0.25, 0.3) is 43.4 Å². The number of methoxy groups -OCH3 is 1. The van der Waals surface area contributed by atoms with Crippen LogP contribution in [0.3, 0.4) is 0 Å². The standard InChI is InChI=1S/C59H67FN10O8S/c1-30(2)52(58(75)69-25-40(72)19-48(69)56(73)64-47(26-71)36-11-13-37(14-12-36)54-33(5)62-29-79-54)70-24-38-18-34(8-15-41(38)57(70)74)28-77-53-50(49-32(4)45(60)21-46-44(49)23-63-67-46)42(35-9-10-35)20-43-51(53)65-59(78-27-31(3)76-7)66-55(43)68(6)39-16-17-61-22-39/h8,11-15,18,20-21,23,29-31,35,39-40,47-48,52,61,71-72H,9-10,16-17,19,22,24-28H2,1-7H3,(H,63,67)(H,64,73)/t31-,39?,40+,47-,48-,52-/m0/s1. The first kappa shape index (κ1) is 53.9. The number of ether oxygens (including phenoxy) is 3. The Hall–Kier alpha value is -7.10. The zero-order chi connectivity index (χ0) is 55.4. The van der Waals surface area contributed by atoms with E-state index < -0.39 is 48.5 Å². The summed E-state index contributed by atoms with van der Waals surface area (Å²) in [5.41, 5.74) is 10.0.